The Morgan fingerprint density at radius 1 is 1.62 bits per heavy atom. The molecule has 1 rings (SSSR count). The van der Waals surface area contributed by atoms with Crippen LogP contribution in [0, 0.1) is 0 Å². The highest BCUT2D eigenvalue weighted by Crippen LogP contribution is 1.98. The van der Waals surface area contributed by atoms with E-state index in [9.17, 15) is 4.79 Å². The molecule has 0 fully saturated rings. The van der Waals surface area contributed by atoms with E-state index >= 15 is 0 Å². The highest BCUT2D eigenvalue weighted by molar-refractivity contribution is 7.98. The maximum absolute atomic E-state index is 11.6. The zero-order chi connectivity index (χ0) is 9.68. The molecule has 0 saturated heterocycles. The van der Waals surface area contributed by atoms with Gasteiger partial charge in [-0.25, -0.2) is 4.98 Å². The molecule has 0 saturated carbocycles. The predicted molar refractivity (Wildman–Crippen MR) is 56.3 cm³/mol. The minimum atomic E-state index is 0.103. The quantitative estimate of drug-likeness (QED) is 0.728. The van der Waals surface area contributed by atoms with Crippen molar-refractivity contribution in [3.05, 3.63) is 28.4 Å². The lowest BCUT2D eigenvalue weighted by atomic mass is 10.2. The van der Waals surface area contributed by atoms with Crippen molar-refractivity contribution >= 4 is 11.8 Å². The molecule has 0 aromatic carbocycles. The standard InChI is InChI=1S/C9H14N2OS/c1-3-11-7-10-6-8(9(11)12)4-5-13-2/h6-7H,3-5H2,1-2H3. The first-order valence-corrected chi connectivity index (χ1v) is 5.71. The lowest BCUT2D eigenvalue weighted by Crippen LogP contribution is -2.23. The maximum atomic E-state index is 11.6. The minimum Gasteiger partial charge on any atom is -0.299 e. The van der Waals surface area contributed by atoms with E-state index in [1.807, 2.05) is 13.2 Å². The number of aryl methyl sites for hydroxylation is 2. The number of rotatable bonds is 4. The summed E-state index contributed by atoms with van der Waals surface area (Å²) in [5, 5.41) is 0. The summed E-state index contributed by atoms with van der Waals surface area (Å²) in [5.41, 5.74) is 0.922. The van der Waals surface area contributed by atoms with Crippen LogP contribution in [0.1, 0.15) is 12.5 Å². The van der Waals surface area contributed by atoms with E-state index in [2.05, 4.69) is 4.98 Å². The smallest absolute Gasteiger partial charge is 0.256 e. The van der Waals surface area contributed by atoms with Gasteiger partial charge in [-0.2, -0.15) is 11.8 Å². The van der Waals surface area contributed by atoms with E-state index in [1.165, 1.54) is 0 Å². The second kappa shape index (κ2) is 5.07. The van der Waals surface area contributed by atoms with Gasteiger partial charge in [-0.05, 0) is 25.4 Å². The minimum absolute atomic E-state index is 0.103. The fourth-order valence-electron chi connectivity index (χ4n) is 1.10. The molecule has 0 atom stereocenters. The van der Waals surface area contributed by atoms with Crippen LogP contribution >= 0.6 is 11.8 Å². The Morgan fingerprint density at radius 3 is 3.00 bits per heavy atom. The highest BCUT2D eigenvalue weighted by Gasteiger charge is 2.01. The molecule has 0 amide bonds. The third-order valence-corrected chi connectivity index (χ3v) is 2.50. The zero-order valence-electron chi connectivity index (χ0n) is 7.99. The Kier molecular flexibility index (Phi) is 4.02. The molecule has 0 bridgehead atoms. The van der Waals surface area contributed by atoms with Crippen molar-refractivity contribution in [2.75, 3.05) is 12.0 Å². The molecular weight excluding hydrogens is 184 g/mol. The van der Waals surface area contributed by atoms with Gasteiger partial charge in [-0.1, -0.05) is 0 Å². The highest BCUT2D eigenvalue weighted by atomic mass is 32.2. The molecule has 13 heavy (non-hydrogen) atoms. The monoisotopic (exact) mass is 198 g/mol. The molecule has 1 heterocycles. The third-order valence-electron chi connectivity index (χ3n) is 1.89. The van der Waals surface area contributed by atoms with Crippen molar-refractivity contribution < 1.29 is 0 Å². The SMILES string of the molecule is CCn1cncc(CCSC)c1=O. The van der Waals surface area contributed by atoms with Crippen molar-refractivity contribution in [3.8, 4) is 0 Å². The first-order chi connectivity index (χ1) is 6.29. The van der Waals surface area contributed by atoms with Gasteiger partial charge < -0.3 is 0 Å². The summed E-state index contributed by atoms with van der Waals surface area (Å²) < 4.78 is 1.63. The molecule has 0 aliphatic rings. The molecular formula is C9H14N2OS. The predicted octanol–water partition coefficient (Wildman–Crippen LogP) is 1.17. The van der Waals surface area contributed by atoms with Crippen molar-refractivity contribution in [1.82, 2.24) is 9.55 Å². The molecule has 0 radical (unpaired) electrons. The number of aromatic nitrogens is 2. The molecule has 0 aliphatic heterocycles. The number of thioether (sulfide) groups is 1. The van der Waals surface area contributed by atoms with Crippen LogP contribution < -0.4 is 5.56 Å². The van der Waals surface area contributed by atoms with E-state index in [0.717, 1.165) is 17.7 Å². The van der Waals surface area contributed by atoms with Crippen molar-refractivity contribution in [1.29, 1.82) is 0 Å². The summed E-state index contributed by atoms with van der Waals surface area (Å²) in [6.07, 6.45) is 6.11. The van der Waals surface area contributed by atoms with Gasteiger partial charge >= 0.3 is 0 Å². The number of hydrogen-bond donors (Lipinski definition) is 0. The van der Waals surface area contributed by atoms with E-state index in [-0.39, 0.29) is 5.56 Å². The van der Waals surface area contributed by atoms with E-state index in [4.69, 9.17) is 0 Å². The van der Waals surface area contributed by atoms with Crippen LogP contribution in [-0.4, -0.2) is 21.6 Å². The Bertz CT molecular complexity index is 322. The van der Waals surface area contributed by atoms with Crippen molar-refractivity contribution in [2.24, 2.45) is 0 Å². The fraction of sp³-hybridized carbons (Fsp3) is 0.556. The van der Waals surface area contributed by atoms with E-state index in [1.54, 1.807) is 28.9 Å². The summed E-state index contributed by atoms with van der Waals surface area (Å²) in [7, 11) is 0. The molecule has 3 nitrogen and oxygen atoms in total. The Labute approximate surface area is 82.2 Å². The summed E-state index contributed by atoms with van der Waals surface area (Å²) in [4.78, 5) is 15.6. The molecule has 0 unspecified atom stereocenters. The van der Waals surface area contributed by atoms with Crippen molar-refractivity contribution in [2.45, 2.75) is 19.9 Å². The molecule has 0 spiro atoms. The van der Waals surface area contributed by atoms with Crippen LogP contribution in [0.2, 0.25) is 0 Å². The Hall–Kier alpha value is -0.770. The normalized spacial score (nSPS) is 10.3. The molecule has 4 heteroatoms. The summed E-state index contributed by atoms with van der Waals surface area (Å²) in [5.74, 6) is 0.977. The van der Waals surface area contributed by atoms with Gasteiger partial charge in [0.25, 0.3) is 5.56 Å². The molecule has 0 aliphatic carbocycles. The van der Waals surface area contributed by atoms with Gasteiger partial charge in [0.05, 0.1) is 6.33 Å². The van der Waals surface area contributed by atoms with Crippen LogP contribution in [0.25, 0.3) is 0 Å². The average Bonchev–Trinajstić information content (AvgIpc) is 2.16. The van der Waals surface area contributed by atoms with Gasteiger partial charge in [0.15, 0.2) is 0 Å². The third kappa shape index (κ3) is 2.59. The van der Waals surface area contributed by atoms with Crippen LogP contribution in [0.3, 0.4) is 0 Å². The van der Waals surface area contributed by atoms with Crippen molar-refractivity contribution in [3.63, 3.8) is 0 Å². The number of hydrogen-bond acceptors (Lipinski definition) is 3. The van der Waals surface area contributed by atoms with Gasteiger partial charge in [-0.15, -0.1) is 0 Å². The summed E-state index contributed by atoms with van der Waals surface area (Å²) >= 11 is 1.74. The first-order valence-electron chi connectivity index (χ1n) is 4.31. The fourth-order valence-corrected chi connectivity index (χ4v) is 1.53. The van der Waals surface area contributed by atoms with E-state index in [0.29, 0.717) is 6.54 Å². The van der Waals surface area contributed by atoms with Crippen LogP contribution in [0.15, 0.2) is 17.3 Å². The molecule has 1 aromatic heterocycles. The second-order valence-corrected chi connectivity index (χ2v) is 3.74. The van der Waals surface area contributed by atoms with Gasteiger partial charge in [0.2, 0.25) is 0 Å². The summed E-state index contributed by atoms with van der Waals surface area (Å²) in [6.45, 7) is 2.64. The van der Waals surface area contributed by atoms with Crippen LogP contribution in [0.5, 0.6) is 0 Å². The number of nitrogens with zero attached hydrogens (tertiary/aromatic N) is 2. The maximum Gasteiger partial charge on any atom is 0.256 e. The molecule has 0 N–H and O–H groups in total. The lowest BCUT2D eigenvalue weighted by Gasteiger charge is -2.03. The van der Waals surface area contributed by atoms with Gasteiger partial charge in [0.1, 0.15) is 0 Å². The lowest BCUT2D eigenvalue weighted by molar-refractivity contribution is 0.694. The van der Waals surface area contributed by atoms with Gasteiger partial charge in [-0.3, -0.25) is 9.36 Å². The Morgan fingerprint density at radius 2 is 2.38 bits per heavy atom. The average molecular weight is 198 g/mol. The largest absolute Gasteiger partial charge is 0.299 e. The van der Waals surface area contributed by atoms with Crippen LogP contribution in [0.4, 0.5) is 0 Å². The summed E-state index contributed by atoms with van der Waals surface area (Å²) in [6, 6.07) is 0. The van der Waals surface area contributed by atoms with Crippen LogP contribution in [-0.2, 0) is 13.0 Å². The van der Waals surface area contributed by atoms with Gasteiger partial charge in [0, 0.05) is 18.3 Å². The molecule has 72 valence electrons. The first kappa shape index (κ1) is 10.3. The molecule has 1 aromatic rings. The Balaban J connectivity index is 2.88. The second-order valence-electron chi connectivity index (χ2n) is 2.75. The zero-order valence-corrected chi connectivity index (χ0v) is 8.80. The topological polar surface area (TPSA) is 34.9 Å². The van der Waals surface area contributed by atoms with E-state index < -0.39 is 0 Å².